The first-order valence-corrected chi connectivity index (χ1v) is 6.96. The smallest absolute Gasteiger partial charge is 0.328 e. The van der Waals surface area contributed by atoms with E-state index in [9.17, 15) is 9.18 Å². The lowest BCUT2D eigenvalue weighted by Crippen LogP contribution is -1.91. The van der Waals surface area contributed by atoms with E-state index in [1.807, 2.05) is 0 Å². The Bertz CT molecular complexity index is 716. The molecule has 1 N–H and O–H groups in total. The van der Waals surface area contributed by atoms with Crippen LogP contribution >= 0.6 is 27.5 Å². The second kappa shape index (κ2) is 6.74. The van der Waals surface area contributed by atoms with Crippen molar-refractivity contribution in [3.8, 4) is 11.5 Å². The fraction of sp³-hybridized carbons (Fsp3) is 0. The highest BCUT2D eigenvalue weighted by Gasteiger charge is 2.07. The summed E-state index contributed by atoms with van der Waals surface area (Å²) in [6.07, 6.45) is 2.36. The number of ether oxygens (including phenoxy) is 1. The molecule has 0 atom stereocenters. The number of halogens is 3. The monoisotopic (exact) mass is 370 g/mol. The van der Waals surface area contributed by atoms with Gasteiger partial charge >= 0.3 is 5.97 Å². The normalized spacial score (nSPS) is 10.8. The highest BCUT2D eigenvalue weighted by molar-refractivity contribution is 9.10. The first-order chi connectivity index (χ1) is 9.95. The van der Waals surface area contributed by atoms with E-state index in [0.29, 0.717) is 20.8 Å². The summed E-state index contributed by atoms with van der Waals surface area (Å²) in [5.74, 6) is -0.924. The van der Waals surface area contributed by atoms with Gasteiger partial charge in [-0.05, 0) is 46.3 Å². The molecule has 2 rings (SSSR count). The molecule has 0 aliphatic heterocycles. The average Bonchev–Trinajstić information content (AvgIpc) is 2.42. The first kappa shape index (κ1) is 15.5. The summed E-state index contributed by atoms with van der Waals surface area (Å²) < 4.78 is 19.4. The molecule has 108 valence electrons. The molecule has 0 saturated carbocycles. The Kier molecular flexibility index (Phi) is 4.98. The van der Waals surface area contributed by atoms with E-state index in [0.717, 1.165) is 6.08 Å². The van der Waals surface area contributed by atoms with E-state index in [-0.39, 0.29) is 5.75 Å². The Morgan fingerprint density at radius 2 is 2.05 bits per heavy atom. The zero-order valence-electron chi connectivity index (χ0n) is 10.5. The third kappa shape index (κ3) is 4.31. The van der Waals surface area contributed by atoms with E-state index < -0.39 is 11.8 Å². The van der Waals surface area contributed by atoms with E-state index in [2.05, 4.69) is 15.9 Å². The lowest BCUT2D eigenvalue weighted by Gasteiger charge is -2.10. The van der Waals surface area contributed by atoms with Gasteiger partial charge in [-0.25, -0.2) is 9.18 Å². The summed E-state index contributed by atoms with van der Waals surface area (Å²) in [4.78, 5) is 10.6. The Hall–Kier alpha value is -1.85. The molecule has 0 heterocycles. The van der Waals surface area contributed by atoms with Gasteiger partial charge in [0, 0.05) is 28.8 Å². The third-order valence-corrected chi connectivity index (χ3v) is 3.38. The molecule has 0 bridgehead atoms. The van der Waals surface area contributed by atoms with Crippen LogP contribution in [-0.4, -0.2) is 11.1 Å². The first-order valence-electron chi connectivity index (χ1n) is 5.79. The number of carboxylic acid groups (broad SMARTS) is 1. The molecule has 0 unspecified atom stereocenters. The molecule has 0 aromatic heterocycles. The molecule has 0 radical (unpaired) electrons. The van der Waals surface area contributed by atoms with Crippen LogP contribution < -0.4 is 4.74 Å². The summed E-state index contributed by atoms with van der Waals surface area (Å²) in [7, 11) is 0. The van der Waals surface area contributed by atoms with E-state index in [4.69, 9.17) is 21.4 Å². The van der Waals surface area contributed by atoms with Crippen molar-refractivity contribution in [3.63, 3.8) is 0 Å². The second-order valence-electron chi connectivity index (χ2n) is 4.03. The fourth-order valence-electron chi connectivity index (χ4n) is 1.56. The van der Waals surface area contributed by atoms with Crippen molar-refractivity contribution in [2.75, 3.05) is 0 Å². The van der Waals surface area contributed by atoms with Crippen LogP contribution in [0.5, 0.6) is 11.5 Å². The van der Waals surface area contributed by atoms with Crippen molar-refractivity contribution < 1.29 is 19.0 Å². The van der Waals surface area contributed by atoms with E-state index >= 15 is 0 Å². The fourth-order valence-corrected chi connectivity index (χ4v) is 1.97. The minimum Gasteiger partial charge on any atom is -0.478 e. The number of hydrogen-bond acceptors (Lipinski definition) is 2. The molecular formula is C15H9BrClFO3. The highest BCUT2D eigenvalue weighted by Crippen LogP contribution is 2.31. The van der Waals surface area contributed by atoms with Crippen LogP contribution in [0, 0.1) is 5.82 Å². The molecule has 0 aliphatic carbocycles. The van der Waals surface area contributed by atoms with Crippen molar-refractivity contribution >= 4 is 39.6 Å². The van der Waals surface area contributed by atoms with Gasteiger partial charge in [0.25, 0.3) is 0 Å². The summed E-state index contributed by atoms with van der Waals surface area (Å²) in [6, 6.07) is 9.07. The SMILES string of the molecule is O=C(O)/C=C/c1ccc(Cl)cc1Oc1ccc(Br)c(F)c1. The van der Waals surface area contributed by atoms with E-state index in [1.165, 1.54) is 24.3 Å². The molecule has 3 nitrogen and oxygen atoms in total. The number of carboxylic acids is 1. The van der Waals surface area contributed by atoms with Crippen LogP contribution in [0.25, 0.3) is 6.08 Å². The lowest BCUT2D eigenvalue weighted by atomic mass is 10.2. The minimum atomic E-state index is -1.08. The van der Waals surface area contributed by atoms with Crippen LogP contribution in [-0.2, 0) is 4.79 Å². The van der Waals surface area contributed by atoms with Gasteiger partial charge in [0.1, 0.15) is 17.3 Å². The van der Waals surface area contributed by atoms with Crippen LogP contribution in [0.2, 0.25) is 5.02 Å². The van der Waals surface area contributed by atoms with Gasteiger partial charge in [0.15, 0.2) is 0 Å². The largest absolute Gasteiger partial charge is 0.478 e. The maximum absolute atomic E-state index is 13.5. The molecule has 0 spiro atoms. The Morgan fingerprint density at radius 3 is 2.71 bits per heavy atom. The molecule has 0 fully saturated rings. The number of carbonyl (C=O) groups is 1. The molecule has 2 aromatic rings. The predicted molar refractivity (Wildman–Crippen MR) is 82.3 cm³/mol. The molecular weight excluding hydrogens is 363 g/mol. The maximum Gasteiger partial charge on any atom is 0.328 e. The van der Waals surface area contributed by atoms with Gasteiger partial charge in [-0.3, -0.25) is 0 Å². The molecule has 6 heteroatoms. The van der Waals surface area contributed by atoms with Crippen LogP contribution in [0.3, 0.4) is 0 Å². The van der Waals surface area contributed by atoms with Crippen molar-refractivity contribution in [2.45, 2.75) is 0 Å². The topological polar surface area (TPSA) is 46.5 Å². The van der Waals surface area contributed by atoms with Gasteiger partial charge in [-0.15, -0.1) is 0 Å². The van der Waals surface area contributed by atoms with Crippen molar-refractivity contribution in [2.24, 2.45) is 0 Å². The van der Waals surface area contributed by atoms with Crippen LogP contribution in [0.4, 0.5) is 4.39 Å². The van der Waals surface area contributed by atoms with Gasteiger partial charge in [-0.2, -0.15) is 0 Å². The standard InChI is InChI=1S/C15H9BrClFO3/c16-12-5-4-11(8-13(12)18)21-14-7-10(17)3-1-9(14)2-6-15(19)20/h1-8H,(H,19,20)/b6-2+. The molecule has 21 heavy (non-hydrogen) atoms. The van der Waals surface area contributed by atoms with Crippen LogP contribution in [0.1, 0.15) is 5.56 Å². The molecule has 2 aromatic carbocycles. The quantitative estimate of drug-likeness (QED) is 0.758. The third-order valence-electron chi connectivity index (χ3n) is 2.50. The summed E-state index contributed by atoms with van der Waals surface area (Å²) in [5.41, 5.74) is 0.519. The van der Waals surface area contributed by atoms with Gasteiger partial charge < -0.3 is 9.84 Å². The summed E-state index contributed by atoms with van der Waals surface area (Å²) in [6.45, 7) is 0. The zero-order valence-corrected chi connectivity index (χ0v) is 12.9. The minimum absolute atomic E-state index is 0.281. The van der Waals surface area contributed by atoms with Crippen LogP contribution in [0.15, 0.2) is 46.9 Å². The maximum atomic E-state index is 13.5. The Balaban J connectivity index is 2.35. The van der Waals surface area contributed by atoms with Gasteiger partial charge in [0.05, 0.1) is 4.47 Å². The van der Waals surface area contributed by atoms with Gasteiger partial charge in [-0.1, -0.05) is 11.6 Å². The van der Waals surface area contributed by atoms with Gasteiger partial charge in [0.2, 0.25) is 0 Å². The Labute approximate surface area is 133 Å². The van der Waals surface area contributed by atoms with Crippen molar-refractivity contribution in [1.29, 1.82) is 0 Å². The number of benzene rings is 2. The molecule has 0 saturated heterocycles. The summed E-state index contributed by atoms with van der Waals surface area (Å²) >= 11 is 8.95. The second-order valence-corrected chi connectivity index (χ2v) is 5.32. The van der Waals surface area contributed by atoms with Crippen molar-refractivity contribution in [3.05, 3.63) is 63.4 Å². The lowest BCUT2D eigenvalue weighted by molar-refractivity contribution is -0.131. The zero-order chi connectivity index (χ0) is 15.4. The highest BCUT2D eigenvalue weighted by atomic mass is 79.9. The Morgan fingerprint density at radius 1 is 1.29 bits per heavy atom. The predicted octanol–water partition coefficient (Wildman–Crippen LogP) is 5.13. The van der Waals surface area contributed by atoms with E-state index in [1.54, 1.807) is 18.2 Å². The average molecular weight is 372 g/mol. The molecule has 0 amide bonds. The summed E-state index contributed by atoms with van der Waals surface area (Å²) in [5, 5.41) is 9.09. The molecule has 0 aliphatic rings. The number of hydrogen-bond donors (Lipinski definition) is 1. The number of aliphatic carboxylic acids is 1. The van der Waals surface area contributed by atoms with Crippen molar-refractivity contribution in [1.82, 2.24) is 0 Å². The number of rotatable bonds is 4.